The molecule has 4 atom stereocenters. The maximum absolute atomic E-state index is 13.5. The first-order valence-electron chi connectivity index (χ1n) is 15.0. The zero-order valence-electron chi connectivity index (χ0n) is 25.9. The SMILES string of the molecule is CCC1C2=NC(=CC3=NC(=CC4=NC(=C5C(=O)OC(=O)C6=C(C)C(=C2)N=C65)C(CCC(=O)OC)C4C)C(C)=C3C(C)=O)C1C. The maximum atomic E-state index is 13.5. The zero-order valence-corrected chi connectivity index (χ0v) is 25.9. The molecule has 6 aliphatic heterocycles. The standard InChI is InChI=1S/C34H34N4O6/c1-8-19-14(2)21-13-26-28(18(6)39)16(4)23(36-26)11-22-15(3)20(9-10-27(40)43-7)31(37-22)30-32-29(33(41)44-34(30)42)17(5)24(38-32)12-25(19)35-21/h11-15,19-20H,8-10H2,1-7H3. The third-order valence-electron chi connectivity index (χ3n) is 9.48. The van der Waals surface area contributed by atoms with Gasteiger partial charge in [0.2, 0.25) is 0 Å². The van der Waals surface area contributed by atoms with E-state index in [1.165, 1.54) is 14.0 Å². The lowest BCUT2D eigenvalue weighted by molar-refractivity contribution is -0.154. The van der Waals surface area contributed by atoms with E-state index in [-0.39, 0.29) is 58.7 Å². The van der Waals surface area contributed by atoms with E-state index in [9.17, 15) is 19.2 Å². The summed E-state index contributed by atoms with van der Waals surface area (Å²) in [7, 11) is 1.33. The van der Waals surface area contributed by atoms with Gasteiger partial charge < -0.3 is 9.47 Å². The summed E-state index contributed by atoms with van der Waals surface area (Å²) in [5, 5.41) is 0. The summed E-state index contributed by atoms with van der Waals surface area (Å²) in [5.41, 5.74) is 6.75. The van der Waals surface area contributed by atoms with Crippen LogP contribution in [0.1, 0.15) is 60.8 Å². The molecular formula is C34H34N4O6. The van der Waals surface area contributed by atoms with Gasteiger partial charge in [-0.05, 0) is 63.0 Å². The number of ketones is 1. The number of rotatable bonds is 5. The van der Waals surface area contributed by atoms with Gasteiger partial charge in [0.15, 0.2) is 5.78 Å². The quantitative estimate of drug-likeness (QED) is 0.328. The molecular weight excluding hydrogens is 560 g/mol. The van der Waals surface area contributed by atoms with Gasteiger partial charge in [-0.2, -0.15) is 0 Å². The number of hydrogen-bond acceptors (Lipinski definition) is 10. The van der Waals surface area contributed by atoms with E-state index >= 15 is 0 Å². The van der Waals surface area contributed by atoms with Gasteiger partial charge in [0, 0.05) is 52.8 Å². The lowest BCUT2D eigenvalue weighted by Crippen LogP contribution is -2.32. The van der Waals surface area contributed by atoms with E-state index in [1.807, 2.05) is 32.1 Å². The highest BCUT2D eigenvalue weighted by Gasteiger charge is 2.45. The Kier molecular flexibility index (Phi) is 7.26. The number of fused-ring (bicyclic) bond motifs is 4. The van der Waals surface area contributed by atoms with Crippen LogP contribution in [-0.2, 0) is 28.7 Å². The Morgan fingerprint density at radius 1 is 0.864 bits per heavy atom. The summed E-state index contributed by atoms with van der Waals surface area (Å²) < 4.78 is 10.2. The monoisotopic (exact) mass is 594 g/mol. The van der Waals surface area contributed by atoms with Crippen molar-refractivity contribution in [2.75, 3.05) is 7.11 Å². The number of carbonyl (C=O) groups excluding carboxylic acids is 4. The van der Waals surface area contributed by atoms with Gasteiger partial charge in [0.1, 0.15) is 5.57 Å². The van der Waals surface area contributed by atoms with Crippen molar-refractivity contribution in [3.63, 3.8) is 0 Å². The molecule has 0 amide bonds. The molecule has 6 heterocycles. The molecule has 4 unspecified atom stereocenters. The summed E-state index contributed by atoms with van der Waals surface area (Å²) in [6, 6.07) is 0. The summed E-state index contributed by atoms with van der Waals surface area (Å²) in [6.07, 6.45) is 6.88. The van der Waals surface area contributed by atoms with Crippen LogP contribution in [0.25, 0.3) is 0 Å². The number of ether oxygens (including phenoxy) is 2. The summed E-state index contributed by atoms with van der Waals surface area (Å²) in [4.78, 5) is 71.2. The average molecular weight is 595 g/mol. The minimum absolute atomic E-state index is 0.0521. The molecule has 0 radical (unpaired) electrons. The predicted molar refractivity (Wildman–Crippen MR) is 165 cm³/mol. The van der Waals surface area contributed by atoms with Crippen LogP contribution in [0.4, 0.5) is 0 Å². The van der Waals surface area contributed by atoms with Crippen LogP contribution in [0.5, 0.6) is 0 Å². The molecule has 6 rings (SSSR count). The van der Waals surface area contributed by atoms with Crippen LogP contribution in [-0.4, -0.2) is 53.6 Å². The third kappa shape index (κ3) is 4.55. The van der Waals surface area contributed by atoms with Crippen molar-refractivity contribution >= 4 is 46.5 Å². The molecule has 10 heteroatoms. The lowest BCUT2D eigenvalue weighted by atomic mass is 9.83. The minimum Gasteiger partial charge on any atom is -0.469 e. The molecule has 0 spiro atoms. The van der Waals surface area contributed by atoms with Crippen LogP contribution in [0, 0.1) is 23.7 Å². The molecule has 44 heavy (non-hydrogen) atoms. The van der Waals surface area contributed by atoms with E-state index in [2.05, 4.69) is 13.8 Å². The van der Waals surface area contributed by atoms with Gasteiger partial charge in [0.05, 0.1) is 41.2 Å². The van der Waals surface area contributed by atoms with Crippen LogP contribution in [0.2, 0.25) is 0 Å². The highest BCUT2D eigenvalue weighted by atomic mass is 16.6. The second kappa shape index (κ2) is 10.8. The second-order valence-corrected chi connectivity index (χ2v) is 12.0. The molecule has 1 fully saturated rings. The van der Waals surface area contributed by atoms with Crippen molar-refractivity contribution in [2.45, 2.75) is 60.8 Å². The van der Waals surface area contributed by atoms with Gasteiger partial charge >= 0.3 is 17.9 Å². The number of carbonyl (C=O) groups is 4. The Hall–Kier alpha value is -4.60. The number of aliphatic imine (C=N–C) groups is 4. The van der Waals surface area contributed by atoms with Gasteiger partial charge in [0.25, 0.3) is 0 Å². The molecule has 0 aromatic heterocycles. The van der Waals surface area contributed by atoms with Crippen molar-refractivity contribution in [1.29, 1.82) is 0 Å². The fourth-order valence-corrected chi connectivity index (χ4v) is 6.94. The smallest absolute Gasteiger partial charge is 0.350 e. The van der Waals surface area contributed by atoms with Gasteiger partial charge in [-0.15, -0.1) is 0 Å². The Morgan fingerprint density at radius 3 is 2.23 bits per heavy atom. The van der Waals surface area contributed by atoms with Crippen LogP contribution in [0.3, 0.4) is 0 Å². The normalized spacial score (nSPS) is 27.5. The maximum Gasteiger partial charge on any atom is 0.350 e. The third-order valence-corrected chi connectivity index (χ3v) is 9.48. The van der Waals surface area contributed by atoms with Gasteiger partial charge in [-0.1, -0.05) is 20.8 Å². The van der Waals surface area contributed by atoms with E-state index in [1.54, 1.807) is 6.92 Å². The summed E-state index contributed by atoms with van der Waals surface area (Å²) in [5.74, 6) is -2.54. The van der Waals surface area contributed by atoms with Crippen molar-refractivity contribution in [3.8, 4) is 0 Å². The molecule has 0 aromatic carbocycles. The second-order valence-electron chi connectivity index (χ2n) is 12.0. The first-order chi connectivity index (χ1) is 20.9. The fourth-order valence-electron chi connectivity index (χ4n) is 6.94. The molecule has 0 saturated carbocycles. The topological polar surface area (TPSA) is 136 Å². The molecule has 6 aliphatic rings. The van der Waals surface area contributed by atoms with Crippen LogP contribution < -0.4 is 0 Å². The van der Waals surface area contributed by atoms with E-state index in [0.717, 1.165) is 23.4 Å². The Balaban J connectivity index is 1.65. The summed E-state index contributed by atoms with van der Waals surface area (Å²) in [6.45, 7) is 11.3. The number of methoxy groups -OCH3 is 1. The number of Topliss-reactive ketones (excluding diaryl/α,β-unsaturated/α-hetero) is 1. The Morgan fingerprint density at radius 2 is 1.55 bits per heavy atom. The number of esters is 3. The lowest BCUT2D eigenvalue weighted by Gasteiger charge is -2.21. The van der Waals surface area contributed by atoms with Crippen molar-refractivity contribution in [3.05, 3.63) is 68.9 Å². The molecule has 0 aliphatic carbocycles. The molecule has 0 N–H and O–H groups in total. The summed E-state index contributed by atoms with van der Waals surface area (Å²) >= 11 is 0. The van der Waals surface area contributed by atoms with E-state index in [4.69, 9.17) is 29.4 Å². The van der Waals surface area contributed by atoms with Crippen molar-refractivity contribution in [2.24, 2.45) is 43.6 Å². The van der Waals surface area contributed by atoms with Gasteiger partial charge in [-0.25, -0.2) is 19.6 Å². The Bertz CT molecular complexity index is 1790. The highest BCUT2D eigenvalue weighted by molar-refractivity contribution is 6.42. The largest absolute Gasteiger partial charge is 0.469 e. The molecule has 226 valence electrons. The predicted octanol–water partition coefficient (Wildman–Crippen LogP) is 4.90. The van der Waals surface area contributed by atoms with Crippen molar-refractivity contribution < 1.29 is 28.7 Å². The van der Waals surface area contributed by atoms with Gasteiger partial charge in [-0.3, -0.25) is 19.6 Å². The first-order valence-corrected chi connectivity index (χ1v) is 15.0. The van der Waals surface area contributed by atoms with Crippen LogP contribution >= 0.6 is 0 Å². The van der Waals surface area contributed by atoms with Crippen molar-refractivity contribution in [1.82, 2.24) is 0 Å². The number of cyclic esters (lactones) is 2. The molecule has 8 bridgehead atoms. The number of allylic oxidation sites excluding steroid dienone is 8. The van der Waals surface area contributed by atoms with E-state index in [0.29, 0.717) is 46.1 Å². The molecule has 0 aromatic rings. The van der Waals surface area contributed by atoms with Crippen LogP contribution in [0.15, 0.2) is 88.9 Å². The number of hydrogen-bond donors (Lipinski definition) is 0. The number of nitrogens with zero attached hydrogens (tertiary/aromatic N) is 4. The first kappa shape index (κ1) is 29.5. The Labute approximate surface area is 255 Å². The van der Waals surface area contributed by atoms with E-state index < -0.39 is 11.9 Å². The zero-order chi connectivity index (χ0) is 31.6. The highest BCUT2D eigenvalue weighted by Crippen LogP contribution is 2.43. The minimum atomic E-state index is -0.824. The average Bonchev–Trinajstić information content (AvgIpc) is 3.65. The molecule has 10 nitrogen and oxygen atoms in total. The molecule has 1 saturated heterocycles. The fraction of sp³-hybridized carbons (Fsp3) is 0.412.